The number of hydrogen-bond donors (Lipinski definition) is 1. The zero-order valence-corrected chi connectivity index (χ0v) is 11.0. The summed E-state index contributed by atoms with van der Waals surface area (Å²) in [6.45, 7) is -2.22. The van der Waals surface area contributed by atoms with Gasteiger partial charge in [-0.2, -0.15) is 8.78 Å². The van der Waals surface area contributed by atoms with Gasteiger partial charge in [-0.25, -0.2) is 4.98 Å². The van der Waals surface area contributed by atoms with Crippen molar-refractivity contribution in [3.05, 3.63) is 30.1 Å². The van der Waals surface area contributed by atoms with Crippen molar-refractivity contribution in [2.75, 3.05) is 13.6 Å². The lowest BCUT2D eigenvalue weighted by molar-refractivity contribution is -0.137. The Kier molecular flexibility index (Phi) is 4.29. The van der Waals surface area contributed by atoms with E-state index in [1.54, 1.807) is 36.2 Å². The van der Waals surface area contributed by atoms with Crippen LogP contribution in [0, 0.1) is 0 Å². The topological polar surface area (TPSA) is 58.4 Å². The summed E-state index contributed by atoms with van der Waals surface area (Å²) in [4.78, 5) is 16.4. The molecule has 1 aromatic heterocycles. The molecule has 0 aliphatic rings. The normalized spacial score (nSPS) is 11.7. The quantitative estimate of drug-likeness (QED) is 0.884. The number of para-hydroxylation sites is 2. The summed E-state index contributed by atoms with van der Waals surface area (Å²) < 4.78 is 27.2. The van der Waals surface area contributed by atoms with Crippen molar-refractivity contribution >= 4 is 17.0 Å². The van der Waals surface area contributed by atoms with Gasteiger partial charge >= 0.3 is 12.5 Å². The molecule has 0 radical (unpaired) electrons. The lowest BCUT2D eigenvalue weighted by Gasteiger charge is -2.16. The molecule has 7 heteroatoms. The molecule has 0 atom stereocenters. The first-order valence-corrected chi connectivity index (χ1v) is 6.13. The molecule has 5 nitrogen and oxygen atoms in total. The maximum atomic E-state index is 13.2. The highest BCUT2D eigenvalue weighted by Crippen LogP contribution is 2.23. The number of carboxylic acid groups (broad SMARTS) is 1. The van der Waals surface area contributed by atoms with Crippen molar-refractivity contribution in [3.8, 4) is 0 Å². The van der Waals surface area contributed by atoms with Gasteiger partial charge in [-0.1, -0.05) is 12.1 Å². The SMILES string of the molecule is CN(CCC(=O)O)Cc1nc2ccccc2n1C(F)F. The van der Waals surface area contributed by atoms with E-state index >= 15 is 0 Å². The molecule has 1 aromatic carbocycles. The summed E-state index contributed by atoms with van der Waals surface area (Å²) in [5.41, 5.74) is 0.888. The van der Waals surface area contributed by atoms with Gasteiger partial charge in [-0.15, -0.1) is 0 Å². The first-order chi connectivity index (χ1) is 9.49. The van der Waals surface area contributed by atoms with Crippen LogP contribution >= 0.6 is 0 Å². The largest absolute Gasteiger partial charge is 0.481 e. The number of rotatable bonds is 6. The van der Waals surface area contributed by atoms with Gasteiger partial charge in [0.2, 0.25) is 0 Å². The monoisotopic (exact) mass is 283 g/mol. The zero-order chi connectivity index (χ0) is 14.7. The molecule has 1 heterocycles. The third-order valence-electron chi connectivity index (χ3n) is 2.98. The van der Waals surface area contributed by atoms with Gasteiger partial charge in [-0.05, 0) is 19.2 Å². The fraction of sp³-hybridized carbons (Fsp3) is 0.385. The smallest absolute Gasteiger partial charge is 0.320 e. The first kappa shape index (κ1) is 14.4. The van der Waals surface area contributed by atoms with Gasteiger partial charge in [0.1, 0.15) is 5.82 Å². The summed E-state index contributed by atoms with van der Waals surface area (Å²) in [6, 6.07) is 6.69. The number of carbonyl (C=O) groups is 1. The predicted octanol–water partition coefficient (Wildman–Crippen LogP) is 2.34. The number of carboxylic acids is 1. The van der Waals surface area contributed by atoms with E-state index in [1.165, 1.54) is 0 Å². The second kappa shape index (κ2) is 5.96. The predicted molar refractivity (Wildman–Crippen MR) is 69.6 cm³/mol. The molecule has 0 saturated carbocycles. The van der Waals surface area contributed by atoms with Crippen LogP contribution in [0.15, 0.2) is 24.3 Å². The number of imidazole rings is 1. The number of hydrogen-bond acceptors (Lipinski definition) is 3. The Labute approximate surface area is 114 Å². The van der Waals surface area contributed by atoms with Crippen LogP contribution in [-0.2, 0) is 11.3 Å². The highest BCUT2D eigenvalue weighted by molar-refractivity contribution is 5.76. The number of aliphatic carboxylic acids is 1. The third-order valence-corrected chi connectivity index (χ3v) is 2.98. The second-order valence-corrected chi connectivity index (χ2v) is 4.55. The fourth-order valence-electron chi connectivity index (χ4n) is 2.03. The van der Waals surface area contributed by atoms with Crippen LogP contribution in [0.25, 0.3) is 11.0 Å². The van der Waals surface area contributed by atoms with E-state index < -0.39 is 12.5 Å². The Balaban J connectivity index is 2.24. The minimum Gasteiger partial charge on any atom is -0.481 e. The molecule has 0 spiro atoms. The summed E-state index contributed by atoms with van der Waals surface area (Å²) in [7, 11) is 1.68. The molecule has 0 bridgehead atoms. The molecule has 1 N–H and O–H groups in total. The van der Waals surface area contributed by atoms with Crippen LogP contribution in [0.1, 0.15) is 18.8 Å². The van der Waals surface area contributed by atoms with Gasteiger partial charge < -0.3 is 5.11 Å². The Hall–Kier alpha value is -2.02. The molecule has 0 amide bonds. The molecule has 2 aromatic rings. The maximum absolute atomic E-state index is 13.2. The molecule has 0 fully saturated rings. The summed E-state index contributed by atoms with van der Waals surface area (Å²) >= 11 is 0. The first-order valence-electron chi connectivity index (χ1n) is 6.13. The molecular weight excluding hydrogens is 268 g/mol. The number of halogens is 2. The zero-order valence-electron chi connectivity index (χ0n) is 11.0. The number of alkyl halides is 2. The van der Waals surface area contributed by atoms with Crippen LogP contribution in [0.5, 0.6) is 0 Å². The molecule has 0 aliphatic heterocycles. The van der Waals surface area contributed by atoms with E-state index in [1.807, 2.05) is 0 Å². The molecule has 2 rings (SSSR count). The van der Waals surface area contributed by atoms with E-state index in [9.17, 15) is 13.6 Å². The Bertz CT molecular complexity index is 613. The van der Waals surface area contributed by atoms with Gasteiger partial charge in [0, 0.05) is 6.54 Å². The lowest BCUT2D eigenvalue weighted by Crippen LogP contribution is -2.23. The van der Waals surface area contributed by atoms with Crippen molar-refractivity contribution in [2.45, 2.75) is 19.5 Å². The van der Waals surface area contributed by atoms with Gasteiger partial charge in [0.05, 0.1) is 24.0 Å². The number of fused-ring (bicyclic) bond motifs is 1. The maximum Gasteiger partial charge on any atom is 0.320 e. The fourth-order valence-corrected chi connectivity index (χ4v) is 2.03. The standard InChI is InChI=1S/C13H15F2N3O2/c1-17(7-6-12(19)20)8-11-16-9-4-2-3-5-10(9)18(11)13(14)15/h2-5,13H,6-8H2,1H3,(H,19,20). The van der Waals surface area contributed by atoms with Crippen molar-refractivity contribution in [3.63, 3.8) is 0 Å². The van der Waals surface area contributed by atoms with E-state index in [0.717, 1.165) is 4.57 Å². The van der Waals surface area contributed by atoms with E-state index in [2.05, 4.69) is 4.98 Å². The second-order valence-electron chi connectivity index (χ2n) is 4.55. The van der Waals surface area contributed by atoms with Crippen LogP contribution < -0.4 is 0 Å². The average molecular weight is 283 g/mol. The minimum atomic E-state index is -2.68. The average Bonchev–Trinajstić information content (AvgIpc) is 2.74. The van der Waals surface area contributed by atoms with E-state index in [4.69, 9.17) is 5.11 Å². The van der Waals surface area contributed by atoms with E-state index in [0.29, 0.717) is 11.0 Å². The summed E-state index contributed by atoms with van der Waals surface area (Å²) in [6.07, 6.45) is -0.0363. The molecule has 0 aliphatic carbocycles. The van der Waals surface area contributed by atoms with Gasteiger partial charge in [0.15, 0.2) is 0 Å². The summed E-state index contributed by atoms with van der Waals surface area (Å²) in [5, 5.41) is 8.62. The van der Waals surface area contributed by atoms with Gasteiger partial charge in [0.25, 0.3) is 0 Å². The van der Waals surface area contributed by atoms with Crippen molar-refractivity contribution < 1.29 is 18.7 Å². The minimum absolute atomic E-state index is 0.0363. The summed E-state index contributed by atoms with van der Waals surface area (Å²) in [5.74, 6) is -0.687. The lowest BCUT2D eigenvalue weighted by atomic mass is 10.3. The van der Waals surface area contributed by atoms with Crippen LogP contribution in [0.3, 0.4) is 0 Å². The molecular formula is C13H15F2N3O2. The van der Waals surface area contributed by atoms with Crippen LogP contribution in [-0.4, -0.2) is 39.1 Å². The highest BCUT2D eigenvalue weighted by Gasteiger charge is 2.18. The molecule has 0 unspecified atom stereocenters. The Morgan fingerprint density at radius 3 is 2.80 bits per heavy atom. The Morgan fingerprint density at radius 2 is 2.15 bits per heavy atom. The Morgan fingerprint density at radius 1 is 1.45 bits per heavy atom. The molecule has 108 valence electrons. The third kappa shape index (κ3) is 3.11. The van der Waals surface area contributed by atoms with Crippen LogP contribution in [0.2, 0.25) is 0 Å². The number of nitrogens with zero attached hydrogens (tertiary/aromatic N) is 3. The highest BCUT2D eigenvalue weighted by atomic mass is 19.3. The van der Waals surface area contributed by atoms with Crippen molar-refractivity contribution in [1.29, 1.82) is 0 Å². The van der Waals surface area contributed by atoms with Gasteiger partial charge in [-0.3, -0.25) is 14.3 Å². The van der Waals surface area contributed by atoms with Crippen molar-refractivity contribution in [1.82, 2.24) is 14.5 Å². The molecule has 0 saturated heterocycles. The van der Waals surface area contributed by atoms with Crippen LogP contribution in [0.4, 0.5) is 8.78 Å². The number of aromatic nitrogens is 2. The molecule has 20 heavy (non-hydrogen) atoms. The number of benzene rings is 1. The van der Waals surface area contributed by atoms with Crippen molar-refractivity contribution in [2.24, 2.45) is 0 Å². The van der Waals surface area contributed by atoms with E-state index in [-0.39, 0.29) is 25.3 Å².